The van der Waals surface area contributed by atoms with Crippen molar-refractivity contribution in [2.75, 3.05) is 6.61 Å². The van der Waals surface area contributed by atoms with Crippen molar-refractivity contribution >= 4 is 23.0 Å². The topological polar surface area (TPSA) is 41.6 Å². The number of hydrogen-bond acceptors (Lipinski definition) is 5. The van der Waals surface area contributed by atoms with Crippen molar-refractivity contribution in [2.45, 2.75) is 19.9 Å². The Labute approximate surface area is 150 Å². The maximum atomic E-state index is 13.3. The number of carbonyl (C=O) groups excluding carboxylic acids is 1. The summed E-state index contributed by atoms with van der Waals surface area (Å²) >= 11 is 1.63. The Kier molecular flexibility index (Phi) is 5.19. The van der Waals surface area contributed by atoms with E-state index in [0.717, 1.165) is 21.8 Å². The van der Waals surface area contributed by atoms with E-state index in [4.69, 9.17) is 4.74 Å². The quantitative estimate of drug-likeness (QED) is 0.641. The fraction of sp³-hybridized carbons (Fsp3) is 0.211. The van der Waals surface area contributed by atoms with Crippen molar-refractivity contribution < 1.29 is 13.9 Å². The van der Waals surface area contributed by atoms with Gasteiger partial charge in [0.25, 0.3) is 0 Å². The van der Waals surface area contributed by atoms with Gasteiger partial charge >= 0.3 is 5.97 Å². The Hall–Kier alpha value is -2.60. The zero-order chi connectivity index (χ0) is 17.8. The highest BCUT2D eigenvalue weighted by atomic mass is 32.1. The third-order valence-corrected chi connectivity index (χ3v) is 4.74. The zero-order valence-corrected chi connectivity index (χ0v) is 14.8. The van der Waals surface area contributed by atoms with Gasteiger partial charge in [-0.15, -0.1) is 11.3 Å². The molecule has 25 heavy (non-hydrogen) atoms. The second-order valence-electron chi connectivity index (χ2n) is 5.57. The maximum absolute atomic E-state index is 13.3. The number of benzene rings is 1. The Balaban J connectivity index is 1.93. The van der Waals surface area contributed by atoms with Gasteiger partial charge in [-0.3, -0.25) is 10.4 Å². The molecular formula is C19H19FN2O2S. The lowest BCUT2D eigenvalue weighted by Gasteiger charge is -2.28. The van der Waals surface area contributed by atoms with Crippen LogP contribution in [0.1, 0.15) is 30.3 Å². The van der Waals surface area contributed by atoms with Crippen LogP contribution in [0.25, 0.3) is 5.70 Å². The second-order valence-corrected chi connectivity index (χ2v) is 6.52. The van der Waals surface area contributed by atoms with Crippen molar-refractivity contribution in [2.24, 2.45) is 0 Å². The van der Waals surface area contributed by atoms with Gasteiger partial charge in [-0.05, 0) is 49.1 Å². The van der Waals surface area contributed by atoms with Gasteiger partial charge in [-0.25, -0.2) is 9.18 Å². The largest absolute Gasteiger partial charge is 0.463 e. The first-order valence-corrected chi connectivity index (χ1v) is 8.88. The molecule has 0 aliphatic carbocycles. The van der Waals surface area contributed by atoms with E-state index in [9.17, 15) is 9.18 Å². The minimum atomic E-state index is -0.385. The molecule has 4 nitrogen and oxygen atoms in total. The summed E-state index contributed by atoms with van der Waals surface area (Å²) in [4.78, 5) is 12.9. The Morgan fingerprint density at radius 2 is 2.12 bits per heavy atom. The first kappa shape index (κ1) is 17.2. The van der Waals surface area contributed by atoms with Crippen molar-refractivity contribution in [1.82, 2.24) is 10.4 Å². The molecule has 0 fully saturated rings. The summed E-state index contributed by atoms with van der Waals surface area (Å²) in [6.45, 7) is 3.94. The molecule has 0 saturated heterocycles. The highest BCUT2D eigenvalue weighted by Crippen LogP contribution is 2.35. The normalized spacial score (nSPS) is 17.2. The van der Waals surface area contributed by atoms with Crippen LogP contribution in [0.15, 0.2) is 59.6 Å². The van der Waals surface area contributed by atoms with Crippen molar-refractivity contribution in [3.63, 3.8) is 0 Å². The number of carbonyl (C=O) groups is 1. The van der Waals surface area contributed by atoms with Gasteiger partial charge in [-0.2, -0.15) is 0 Å². The van der Waals surface area contributed by atoms with Crippen LogP contribution in [0, 0.1) is 5.82 Å². The van der Waals surface area contributed by atoms with Gasteiger partial charge in [0.1, 0.15) is 5.82 Å². The molecule has 1 atom stereocenters. The first-order chi connectivity index (χ1) is 12.1. The molecule has 0 bridgehead atoms. The van der Waals surface area contributed by atoms with E-state index < -0.39 is 0 Å². The van der Waals surface area contributed by atoms with Gasteiger partial charge < -0.3 is 4.74 Å². The third kappa shape index (κ3) is 3.91. The molecule has 130 valence electrons. The molecule has 3 rings (SSSR count). The van der Waals surface area contributed by atoms with E-state index in [0.29, 0.717) is 6.61 Å². The molecule has 0 spiro atoms. The van der Waals surface area contributed by atoms with E-state index in [-0.39, 0.29) is 17.8 Å². The summed E-state index contributed by atoms with van der Waals surface area (Å²) in [7, 11) is 0. The van der Waals surface area contributed by atoms with E-state index >= 15 is 0 Å². The number of hydrazine groups is 1. The minimum absolute atomic E-state index is 0.150. The number of nitrogens with one attached hydrogen (secondary N) is 1. The lowest BCUT2D eigenvalue weighted by atomic mass is 10.1. The van der Waals surface area contributed by atoms with Crippen LogP contribution in [0.3, 0.4) is 0 Å². The molecule has 1 aliphatic rings. The standard InChI is InChI=1S/C19H19FN2O2S/c1-3-24-19(23)11-13(2)22-17(14-6-8-15(20)9-7-14)12-16(21-22)18-5-4-10-25-18/h4-12,17,21H,3H2,1-2H3/b13-11+/t17-/m0/s1. The van der Waals surface area contributed by atoms with Gasteiger partial charge in [-0.1, -0.05) is 18.2 Å². The number of nitrogens with zero attached hydrogens (tertiary/aromatic N) is 1. The van der Waals surface area contributed by atoms with Gasteiger partial charge in [0, 0.05) is 11.8 Å². The number of hydrogen-bond donors (Lipinski definition) is 1. The number of ether oxygens (including phenoxy) is 1. The summed E-state index contributed by atoms with van der Waals surface area (Å²) in [6.07, 6.45) is 3.53. The second kappa shape index (κ2) is 7.53. The Bertz CT molecular complexity index is 797. The van der Waals surface area contributed by atoms with Crippen molar-refractivity contribution in [1.29, 1.82) is 0 Å². The molecule has 0 saturated carbocycles. The summed E-state index contributed by atoms with van der Waals surface area (Å²) in [5.74, 6) is -0.660. The first-order valence-electron chi connectivity index (χ1n) is 8.00. The summed E-state index contributed by atoms with van der Waals surface area (Å²) in [5.41, 5.74) is 5.94. The van der Waals surface area contributed by atoms with E-state index in [1.165, 1.54) is 18.2 Å². The molecular weight excluding hydrogens is 339 g/mol. The summed E-state index contributed by atoms with van der Waals surface area (Å²) in [5, 5.41) is 3.90. The van der Waals surface area contributed by atoms with Crippen molar-refractivity contribution in [3.8, 4) is 0 Å². The Morgan fingerprint density at radius 3 is 2.76 bits per heavy atom. The number of rotatable bonds is 5. The average molecular weight is 358 g/mol. The highest BCUT2D eigenvalue weighted by Gasteiger charge is 2.27. The maximum Gasteiger partial charge on any atom is 0.332 e. The van der Waals surface area contributed by atoms with Crippen LogP contribution in [0.2, 0.25) is 0 Å². The summed E-state index contributed by atoms with van der Waals surface area (Å²) < 4.78 is 18.3. The molecule has 0 amide bonds. The molecule has 1 aromatic heterocycles. The molecule has 6 heteroatoms. The van der Waals surface area contributed by atoms with Crippen molar-refractivity contribution in [3.05, 3.63) is 75.9 Å². The number of esters is 1. The fourth-order valence-electron chi connectivity index (χ4n) is 2.67. The number of allylic oxidation sites excluding steroid dienone is 1. The molecule has 0 radical (unpaired) electrons. The average Bonchev–Trinajstić information content (AvgIpc) is 3.25. The van der Waals surface area contributed by atoms with Crippen LogP contribution in [0.4, 0.5) is 4.39 Å². The molecule has 1 N–H and O–H groups in total. The van der Waals surface area contributed by atoms with E-state index in [1.54, 1.807) is 30.4 Å². The predicted octanol–water partition coefficient (Wildman–Crippen LogP) is 4.26. The molecule has 2 heterocycles. The van der Waals surface area contributed by atoms with Gasteiger partial charge in [0.15, 0.2) is 0 Å². The minimum Gasteiger partial charge on any atom is -0.463 e. The highest BCUT2D eigenvalue weighted by molar-refractivity contribution is 7.11. The number of halogens is 1. The fourth-order valence-corrected chi connectivity index (χ4v) is 3.38. The Morgan fingerprint density at radius 1 is 1.36 bits per heavy atom. The predicted molar refractivity (Wildman–Crippen MR) is 96.8 cm³/mol. The van der Waals surface area contributed by atoms with E-state index in [2.05, 4.69) is 11.5 Å². The third-order valence-electron chi connectivity index (χ3n) is 3.84. The van der Waals surface area contributed by atoms with Crippen LogP contribution < -0.4 is 5.43 Å². The smallest absolute Gasteiger partial charge is 0.332 e. The van der Waals surface area contributed by atoms with E-state index in [1.807, 2.05) is 29.4 Å². The SMILES string of the molecule is CCOC(=O)/C=C(\C)N1NC(c2cccs2)=C[C@H]1c1ccc(F)cc1. The lowest BCUT2D eigenvalue weighted by molar-refractivity contribution is -0.137. The molecule has 1 aliphatic heterocycles. The zero-order valence-electron chi connectivity index (χ0n) is 14.0. The van der Waals surface area contributed by atoms with Gasteiger partial charge in [0.05, 0.1) is 23.2 Å². The monoisotopic (exact) mass is 358 g/mol. The van der Waals surface area contributed by atoms with Crippen LogP contribution in [-0.4, -0.2) is 17.6 Å². The van der Waals surface area contributed by atoms with Crippen LogP contribution in [-0.2, 0) is 9.53 Å². The van der Waals surface area contributed by atoms with Crippen LogP contribution >= 0.6 is 11.3 Å². The molecule has 2 aromatic rings. The van der Waals surface area contributed by atoms with Gasteiger partial charge in [0.2, 0.25) is 0 Å². The molecule has 0 unspecified atom stereocenters. The lowest BCUT2D eigenvalue weighted by Crippen LogP contribution is -2.32. The van der Waals surface area contributed by atoms with Crippen LogP contribution in [0.5, 0.6) is 0 Å². The molecule has 1 aromatic carbocycles. The summed E-state index contributed by atoms with van der Waals surface area (Å²) in [6, 6.07) is 10.2. The number of thiophene rings is 1.